The van der Waals surface area contributed by atoms with Crippen LogP contribution in [0.5, 0.6) is 0 Å². The van der Waals surface area contributed by atoms with Gasteiger partial charge in [-0.05, 0) is 90.0 Å². The number of carbonyl (C=O) groups excluding carboxylic acids is 3. The third-order valence-electron chi connectivity index (χ3n) is 8.65. The second-order valence-electron chi connectivity index (χ2n) is 13.1. The lowest BCUT2D eigenvalue weighted by Crippen LogP contribution is -2.63. The zero-order valence-corrected chi connectivity index (χ0v) is 31.5. The molecule has 3 unspecified atom stereocenters. The van der Waals surface area contributed by atoms with Gasteiger partial charge in [0, 0.05) is 19.3 Å². The predicted octanol–water partition coefficient (Wildman–Crippen LogP) is 9.06. The molecule has 0 aromatic rings. The van der Waals surface area contributed by atoms with Gasteiger partial charge in [0.05, 0.1) is 0 Å². The number of hydrogen-bond acceptors (Lipinski definition) is 7. The minimum absolute atomic E-state index is 0.0405. The van der Waals surface area contributed by atoms with E-state index in [0.29, 0.717) is 12.8 Å². The van der Waals surface area contributed by atoms with Gasteiger partial charge in [-0.1, -0.05) is 125 Å². The summed E-state index contributed by atoms with van der Waals surface area (Å²) in [6.45, 7) is 4.44. The molecule has 0 fully saturated rings. The van der Waals surface area contributed by atoms with Crippen molar-refractivity contribution in [3.8, 4) is 0 Å². The van der Waals surface area contributed by atoms with Gasteiger partial charge in [0.2, 0.25) is 0 Å². The lowest BCUT2D eigenvalue weighted by atomic mass is 9.78. The summed E-state index contributed by atoms with van der Waals surface area (Å²) in [6.07, 6.45) is 37.9. The first-order valence-corrected chi connectivity index (χ1v) is 19.5. The van der Waals surface area contributed by atoms with Crippen LogP contribution in [0.3, 0.4) is 0 Å². The summed E-state index contributed by atoms with van der Waals surface area (Å²) < 4.78 is 0. The van der Waals surface area contributed by atoms with Crippen molar-refractivity contribution in [2.75, 3.05) is 6.54 Å². The molecule has 0 aliphatic carbocycles. The highest BCUT2D eigenvalue weighted by Gasteiger charge is 2.53. The van der Waals surface area contributed by atoms with Crippen LogP contribution < -0.4 is 5.73 Å². The normalized spacial score (nSPS) is 15.0. The first-order chi connectivity index (χ1) is 24.3. The number of allylic oxidation sites excluding steroid dienone is 12. The highest BCUT2D eigenvalue weighted by atomic mass is 16.4. The van der Waals surface area contributed by atoms with E-state index in [0.717, 1.165) is 103 Å². The number of ketones is 3. The van der Waals surface area contributed by atoms with Crippen molar-refractivity contribution in [3.63, 3.8) is 0 Å². The van der Waals surface area contributed by atoms with Crippen molar-refractivity contribution in [1.82, 2.24) is 0 Å². The van der Waals surface area contributed by atoms with Crippen molar-refractivity contribution in [2.45, 2.75) is 173 Å². The summed E-state index contributed by atoms with van der Waals surface area (Å²) in [7, 11) is 0. The van der Waals surface area contributed by atoms with Crippen LogP contribution in [0.15, 0.2) is 72.9 Å². The molecular formula is C43H71NO6. The number of rotatable bonds is 34. The zero-order chi connectivity index (χ0) is 37.1. The van der Waals surface area contributed by atoms with Gasteiger partial charge in [0.15, 0.2) is 35.2 Å². The molecule has 50 heavy (non-hydrogen) atoms. The van der Waals surface area contributed by atoms with Gasteiger partial charge >= 0.3 is 0 Å². The van der Waals surface area contributed by atoms with Crippen LogP contribution in [0.4, 0.5) is 0 Å². The molecule has 5 N–H and O–H groups in total. The van der Waals surface area contributed by atoms with Crippen molar-refractivity contribution in [2.24, 2.45) is 5.73 Å². The van der Waals surface area contributed by atoms with Crippen LogP contribution in [0.25, 0.3) is 0 Å². The van der Waals surface area contributed by atoms with E-state index >= 15 is 0 Å². The summed E-state index contributed by atoms with van der Waals surface area (Å²) in [4.78, 5) is 38.8. The lowest BCUT2D eigenvalue weighted by Gasteiger charge is -2.34. The maximum absolute atomic E-state index is 13.2. The van der Waals surface area contributed by atoms with Crippen LogP contribution in [0.2, 0.25) is 0 Å². The Hall–Kier alpha value is -2.71. The predicted molar refractivity (Wildman–Crippen MR) is 209 cm³/mol. The van der Waals surface area contributed by atoms with E-state index in [1.807, 2.05) is 0 Å². The molecule has 0 rings (SSSR count). The monoisotopic (exact) mass is 698 g/mol. The molecule has 0 amide bonds. The number of carbonyl (C=O) groups is 3. The topological polar surface area (TPSA) is 138 Å². The highest BCUT2D eigenvalue weighted by molar-refractivity contribution is 6.01. The molecule has 0 bridgehead atoms. The Balaban J connectivity index is 4.64. The molecule has 284 valence electrons. The zero-order valence-electron chi connectivity index (χ0n) is 31.5. The van der Waals surface area contributed by atoms with Crippen molar-refractivity contribution < 1.29 is 29.7 Å². The average molecular weight is 698 g/mol. The number of nitrogens with two attached hydrogens (primary N) is 1. The lowest BCUT2D eigenvalue weighted by molar-refractivity contribution is -0.181. The third kappa shape index (κ3) is 23.7. The van der Waals surface area contributed by atoms with E-state index in [9.17, 15) is 29.7 Å². The Labute approximate surface area is 304 Å². The van der Waals surface area contributed by atoms with Crippen LogP contribution in [-0.4, -0.2) is 57.0 Å². The van der Waals surface area contributed by atoms with Crippen molar-refractivity contribution in [3.05, 3.63) is 72.9 Å². The fourth-order valence-electron chi connectivity index (χ4n) is 5.52. The Kier molecular flexibility index (Phi) is 31.6. The first-order valence-electron chi connectivity index (χ1n) is 19.5. The number of hydrogen-bond donors (Lipinski definition) is 4. The average Bonchev–Trinajstić information content (AvgIpc) is 3.12. The van der Waals surface area contributed by atoms with E-state index < -0.39 is 35.2 Å². The molecule has 0 aromatic carbocycles. The molecule has 0 saturated carbocycles. The fourth-order valence-corrected chi connectivity index (χ4v) is 5.52. The maximum Gasteiger partial charge on any atom is 0.189 e. The second kappa shape index (κ2) is 33.4. The number of unbranched alkanes of at least 4 members (excludes halogenated alkanes) is 10. The van der Waals surface area contributed by atoms with E-state index in [1.165, 1.54) is 0 Å². The van der Waals surface area contributed by atoms with Gasteiger partial charge < -0.3 is 21.1 Å². The molecule has 0 aliphatic rings. The molecule has 3 atom stereocenters. The van der Waals surface area contributed by atoms with E-state index in [2.05, 4.69) is 86.8 Å². The molecule has 0 heterocycles. The van der Waals surface area contributed by atoms with Gasteiger partial charge in [-0.2, -0.15) is 0 Å². The molecule has 0 spiro atoms. The van der Waals surface area contributed by atoms with Gasteiger partial charge in [-0.25, -0.2) is 0 Å². The van der Waals surface area contributed by atoms with Crippen molar-refractivity contribution in [1.29, 1.82) is 0 Å². The quantitative estimate of drug-likeness (QED) is 0.0389. The third-order valence-corrected chi connectivity index (χ3v) is 8.65. The van der Waals surface area contributed by atoms with Crippen molar-refractivity contribution >= 4 is 17.3 Å². The Morgan fingerprint density at radius 3 is 1.26 bits per heavy atom. The molecule has 7 nitrogen and oxygen atoms in total. The van der Waals surface area contributed by atoms with Crippen LogP contribution in [0.1, 0.15) is 155 Å². The summed E-state index contributed by atoms with van der Waals surface area (Å²) in [5, 5.41) is 33.0. The van der Waals surface area contributed by atoms with Gasteiger partial charge in [0.25, 0.3) is 0 Å². The smallest absolute Gasteiger partial charge is 0.189 e. The molecule has 0 radical (unpaired) electrons. The summed E-state index contributed by atoms with van der Waals surface area (Å²) in [5.41, 5.74) is 2.63. The van der Waals surface area contributed by atoms with E-state index in [1.54, 1.807) is 0 Å². The van der Waals surface area contributed by atoms with Gasteiger partial charge in [-0.15, -0.1) is 0 Å². The van der Waals surface area contributed by atoms with E-state index in [4.69, 9.17) is 5.73 Å². The Morgan fingerprint density at radius 1 is 0.500 bits per heavy atom. The van der Waals surface area contributed by atoms with Gasteiger partial charge in [-0.3, -0.25) is 14.4 Å². The summed E-state index contributed by atoms with van der Waals surface area (Å²) in [6, 6.07) is 0. The Bertz CT molecular complexity index is 1060. The first kappa shape index (κ1) is 47.3. The molecule has 0 saturated heterocycles. The van der Waals surface area contributed by atoms with Crippen LogP contribution in [0, 0.1) is 0 Å². The minimum Gasteiger partial charge on any atom is -0.382 e. The molecule has 0 aromatic heterocycles. The largest absolute Gasteiger partial charge is 0.382 e. The molecular weight excluding hydrogens is 626 g/mol. The SMILES string of the molecule is CC/C=C\C/C=C\C/C=C\CCCCCCCC(=O)C(O)C(O)(C(=O)CCCCCCC/C=C\C/C=C\C/C=C\CC)C(O)C(=O)CCCN. The number of aliphatic hydroxyl groups excluding tert-OH is 2. The minimum atomic E-state index is -2.86. The summed E-state index contributed by atoms with van der Waals surface area (Å²) >= 11 is 0. The second-order valence-corrected chi connectivity index (χ2v) is 13.1. The Morgan fingerprint density at radius 2 is 0.840 bits per heavy atom. The summed E-state index contributed by atoms with van der Waals surface area (Å²) in [5.74, 6) is -2.40. The molecule has 0 aliphatic heterocycles. The standard InChI is InChI=1S/C43H71NO6/c1-3-5-7-9-11-13-15-17-19-21-23-25-27-29-31-34-38(45)41(48)43(50,42(49)39(46)35-33-37-44)40(47)36-32-30-28-26-24-22-20-18-16-14-12-10-8-6-4-2/h5-8,11-14,17-20,41-42,48-50H,3-4,9-10,15-16,21-37,44H2,1-2H3/b7-5-,8-6-,13-11-,14-12-,19-17-,20-18-. The van der Waals surface area contributed by atoms with E-state index in [-0.39, 0.29) is 32.2 Å². The highest BCUT2D eigenvalue weighted by Crippen LogP contribution is 2.25. The number of Topliss-reactive ketones (excluding diaryl/α,β-unsaturated/α-hetero) is 3. The fraction of sp³-hybridized carbons (Fsp3) is 0.651. The van der Waals surface area contributed by atoms with Crippen LogP contribution >= 0.6 is 0 Å². The maximum atomic E-state index is 13.2. The molecule has 7 heteroatoms. The van der Waals surface area contributed by atoms with Crippen LogP contribution in [-0.2, 0) is 14.4 Å². The van der Waals surface area contributed by atoms with Gasteiger partial charge in [0.1, 0.15) is 0 Å². The number of aliphatic hydroxyl groups is 3.